The van der Waals surface area contributed by atoms with Crippen molar-refractivity contribution < 1.29 is 9.53 Å². The zero-order chi connectivity index (χ0) is 16.7. The van der Waals surface area contributed by atoms with E-state index in [1.165, 1.54) is 0 Å². The molecule has 0 atom stereocenters. The van der Waals surface area contributed by atoms with Gasteiger partial charge in [0.05, 0.1) is 13.3 Å². The summed E-state index contributed by atoms with van der Waals surface area (Å²) in [5, 5.41) is 3.78. The SMILES string of the molecule is COc1ccc(C=NNC(N)=O)cc1CN(C(C)C)C(C)C. The maximum Gasteiger partial charge on any atom is 0.332 e. The molecule has 0 unspecified atom stereocenters. The van der Waals surface area contributed by atoms with Gasteiger partial charge in [-0.05, 0) is 51.5 Å². The van der Waals surface area contributed by atoms with Gasteiger partial charge >= 0.3 is 6.03 Å². The topological polar surface area (TPSA) is 80.0 Å². The number of amides is 2. The van der Waals surface area contributed by atoms with E-state index >= 15 is 0 Å². The fraction of sp³-hybridized carbons (Fsp3) is 0.500. The maximum atomic E-state index is 10.6. The molecule has 1 aromatic carbocycles. The van der Waals surface area contributed by atoms with Gasteiger partial charge in [-0.1, -0.05) is 0 Å². The van der Waals surface area contributed by atoms with Gasteiger partial charge in [0.15, 0.2) is 0 Å². The summed E-state index contributed by atoms with van der Waals surface area (Å²) in [4.78, 5) is 13.0. The molecule has 1 rings (SSSR count). The number of hydrogen-bond donors (Lipinski definition) is 2. The zero-order valence-corrected chi connectivity index (χ0v) is 14.0. The lowest BCUT2D eigenvalue weighted by molar-refractivity contribution is 0.164. The molecular formula is C16H26N4O2. The number of rotatable bonds is 7. The van der Waals surface area contributed by atoms with Crippen molar-refractivity contribution in [3.8, 4) is 5.75 Å². The Labute approximate surface area is 132 Å². The van der Waals surface area contributed by atoms with Crippen LogP contribution in [0.4, 0.5) is 4.79 Å². The second kappa shape index (κ2) is 8.38. The molecule has 0 aliphatic rings. The summed E-state index contributed by atoms with van der Waals surface area (Å²) < 4.78 is 5.44. The summed E-state index contributed by atoms with van der Waals surface area (Å²) in [6.07, 6.45) is 1.56. The van der Waals surface area contributed by atoms with Gasteiger partial charge in [0.1, 0.15) is 5.75 Å². The number of nitrogens with zero attached hydrogens (tertiary/aromatic N) is 2. The van der Waals surface area contributed by atoms with E-state index in [4.69, 9.17) is 10.5 Å². The number of methoxy groups -OCH3 is 1. The van der Waals surface area contributed by atoms with Crippen molar-refractivity contribution in [1.29, 1.82) is 0 Å². The van der Waals surface area contributed by atoms with Crippen molar-refractivity contribution in [3.05, 3.63) is 29.3 Å². The Bertz CT molecular complexity index is 519. The predicted molar refractivity (Wildman–Crippen MR) is 89.1 cm³/mol. The second-order valence-corrected chi connectivity index (χ2v) is 5.67. The van der Waals surface area contributed by atoms with E-state index in [1.54, 1.807) is 13.3 Å². The van der Waals surface area contributed by atoms with Crippen LogP contribution in [0, 0.1) is 0 Å². The van der Waals surface area contributed by atoms with Crippen molar-refractivity contribution in [3.63, 3.8) is 0 Å². The van der Waals surface area contributed by atoms with E-state index in [2.05, 4.69) is 43.1 Å². The van der Waals surface area contributed by atoms with Crippen LogP contribution in [0.3, 0.4) is 0 Å². The van der Waals surface area contributed by atoms with E-state index in [1.807, 2.05) is 18.2 Å². The first kappa shape index (κ1) is 18.0. The van der Waals surface area contributed by atoms with Crippen molar-refractivity contribution in [1.82, 2.24) is 10.3 Å². The number of hydrazone groups is 1. The van der Waals surface area contributed by atoms with Crippen LogP contribution >= 0.6 is 0 Å². The van der Waals surface area contributed by atoms with Gasteiger partial charge in [0, 0.05) is 24.2 Å². The summed E-state index contributed by atoms with van der Waals surface area (Å²) in [5.41, 5.74) is 9.11. The number of nitrogens with two attached hydrogens (primary N) is 1. The minimum atomic E-state index is -0.684. The molecule has 2 amide bonds. The first-order chi connectivity index (χ1) is 10.3. The quantitative estimate of drug-likeness (QED) is 0.599. The number of benzene rings is 1. The third kappa shape index (κ3) is 5.37. The highest BCUT2D eigenvalue weighted by Gasteiger charge is 2.16. The third-order valence-corrected chi connectivity index (χ3v) is 3.37. The Hall–Kier alpha value is -2.08. The molecule has 0 aliphatic carbocycles. The molecule has 6 heteroatoms. The molecule has 0 bridgehead atoms. The van der Waals surface area contributed by atoms with Gasteiger partial charge in [-0.25, -0.2) is 10.2 Å². The number of carbonyl (C=O) groups is 1. The first-order valence-corrected chi connectivity index (χ1v) is 7.36. The first-order valence-electron chi connectivity index (χ1n) is 7.36. The van der Waals surface area contributed by atoms with Crippen LogP contribution in [0.1, 0.15) is 38.8 Å². The molecule has 0 fully saturated rings. The Kier molecular flexibility index (Phi) is 6.85. The Morgan fingerprint density at radius 2 is 2.00 bits per heavy atom. The van der Waals surface area contributed by atoms with Gasteiger partial charge in [-0.2, -0.15) is 5.10 Å². The third-order valence-electron chi connectivity index (χ3n) is 3.37. The second-order valence-electron chi connectivity index (χ2n) is 5.67. The number of primary amides is 1. The van der Waals surface area contributed by atoms with Crippen molar-refractivity contribution in [2.75, 3.05) is 7.11 Å². The minimum Gasteiger partial charge on any atom is -0.496 e. The standard InChI is InChI=1S/C16H26N4O2/c1-11(2)20(12(3)4)10-14-8-13(6-7-15(14)22-5)9-18-19-16(17)21/h6-9,11-12H,10H2,1-5H3,(H3,17,19,21). The largest absolute Gasteiger partial charge is 0.496 e. The van der Waals surface area contributed by atoms with Crippen LogP contribution in [0.5, 0.6) is 5.75 Å². The van der Waals surface area contributed by atoms with E-state index in [0.29, 0.717) is 12.1 Å². The van der Waals surface area contributed by atoms with Crippen LogP contribution in [0.15, 0.2) is 23.3 Å². The summed E-state index contributed by atoms with van der Waals surface area (Å²) in [6, 6.07) is 5.96. The predicted octanol–water partition coefficient (Wildman–Crippen LogP) is 2.32. The van der Waals surface area contributed by atoms with Crippen LogP contribution in [-0.2, 0) is 6.54 Å². The zero-order valence-electron chi connectivity index (χ0n) is 14.0. The number of hydrogen-bond acceptors (Lipinski definition) is 4. The minimum absolute atomic E-state index is 0.429. The highest BCUT2D eigenvalue weighted by atomic mass is 16.5. The molecule has 0 saturated carbocycles. The maximum absolute atomic E-state index is 10.6. The van der Waals surface area contributed by atoms with Crippen LogP contribution in [0.25, 0.3) is 0 Å². The van der Waals surface area contributed by atoms with Gasteiger partial charge in [0.2, 0.25) is 0 Å². The van der Waals surface area contributed by atoms with E-state index in [0.717, 1.165) is 23.4 Å². The molecule has 1 aromatic rings. The van der Waals surface area contributed by atoms with Crippen molar-refractivity contribution in [2.45, 2.75) is 46.3 Å². The smallest absolute Gasteiger partial charge is 0.332 e. The summed E-state index contributed by atoms with van der Waals surface area (Å²) in [6.45, 7) is 9.48. The Morgan fingerprint density at radius 3 is 2.50 bits per heavy atom. The van der Waals surface area contributed by atoms with E-state index < -0.39 is 6.03 Å². The number of carbonyl (C=O) groups excluding carboxylic acids is 1. The molecule has 6 nitrogen and oxygen atoms in total. The summed E-state index contributed by atoms with van der Waals surface area (Å²) in [7, 11) is 1.66. The molecule has 0 saturated heterocycles. The molecular weight excluding hydrogens is 280 g/mol. The lowest BCUT2D eigenvalue weighted by Gasteiger charge is -2.31. The normalized spacial score (nSPS) is 11.6. The number of nitrogens with one attached hydrogen (secondary N) is 1. The van der Waals surface area contributed by atoms with E-state index in [-0.39, 0.29) is 0 Å². The summed E-state index contributed by atoms with van der Waals surface area (Å²) >= 11 is 0. The van der Waals surface area contributed by atoms with Gasteiger partial charge in [-0.3, -0.25) is 4.90 Å². The monoisotopic (exact) mass is 306 g/mol. The molecule has 0 aromatic heterocycles. The van der Waals surface area contributed by atoms with Crippen LogP contribution in [-0.4, -0.2) is 36.3 Å². The lowest BCUT2D eigenvalue weighted by Crippen LogP contribution is -2.36. The molecule has 3 N–H and O–H groups in total. The van der Waals surface area contributed by atoms with Gasteiger partial charge < -0.3 is 10.5 Å². The Balaban J connectivity index is 3.00. The van der Waals surface area contributed by atoms with E-state index in [9.17, 15) is 4.79 Å². The van der Waals surface area contributed by atoms with Crippen molar-refractivity contribution in [2.24, 2.45) is 10.8 Å². The lowest BCUT2D eigenvalue weighted by atomic mass is 10.1. The average Bonchev–Trinajstić information content (AvgIpc) is 2.43. The molecule has 0 heterocycles. The number of ether oxygens (including phenoxy) is 1. The van der Waals surface area contributed by atoms with Gasteiger partial charge in [0.25, 0.3) is 0 Å². The highest BCUT2D eigenvalue weighted by molar-refractivity contribution is 5.82. The number of urea groups is 1. The molecule has 0 spiro atoms. The fourth-order valence-electron chi connectivity index (χ4n) is 2.33. The van der Waals surface area contributed by atoms with Crippen molar-refractivity contribution >= 4 is 12.2 Å². The summed E-state index contributed by atoms with van der Waals surface area (Å²) in [5.74, 6) is 0.839. The average molecular weight is 306 g/mol. The highest BCUT2D eigenvalue weighted by Crippen LogP contribution is 2.23. The van der Waals surface area contributed by atoms with Crippen LogP contribution < -0.4 is 15.9 Å². The molecule has 0 aliphatic heterocycles. The molecule has 0 radical (unpaired) electrons. The Morgan fingerprint density at radius 1 is 1.36 bits per heavy atom. The fourth-order valence-corrected chi connectivity index (χ4v) is 2.33. The van der Waals surface area contributed by atoms with Crippen LogP contribution in [0.2, 0.25) is 0 Å². The van der Waals surface area contributed by atoms with Gasteiger partial charge in [-0.15, -0.1) is 0 Å². The molecule has 122 valence electrons. The molecule has 22 heavy (non-hydrogen) atoms.